The fourth-order valence-corrected chi connectivity index (χ4v) is 1.71. The van der Waals surface area contributed by atoms with Crippen LogP contribution in [-0.4, -0.2) is 6.61 Å². The highest BCUT2D eigenvalue weighted by atomic mass is 35.5. The molecule has 2 rings (SSSR count). The zero-order valence-corrected chi connectivity index (χ0v) is 9.65. The van der Waals surface area contributed by atoms with Crippen LogP contribution < -0.4 is 4.74 Å². The van der Waals surface area contributed by atoms with E-state index in [4.69, 9.17) is 16.3 Å². The van der Waals surface area contributed by atoms with Crippen molar-refractivity contribution in [3.8, 4) is 5.75 Å². The van der Waals surface area contributed by atoms with Crippen LogP contribution in [0.15, 0.2) is 54.6 Å². The summed E-state index contributed by atoms with van der Waals surface area (Å²) in [5.41, 5.74) is 1.20. The molecule has 0 N–H and O–H groups in total. The topological polar surface area (TPSA) is 9.23 Å². The predicted molar refractivity (Wildman–Crippen MR) is 67.1 cm³/mol. The van der Waals surface area contributed by atoms with Gasteiger partial charge in [-0.2, -0.15) is 0 Å². The smallest absolute Gasteiger partial charge is 0.119 e. The van der Waals surface area contributed by atoms with Gasteiger partial charge in [-0.15, -0.1) is 0 Å². The number of benzene rings is 2. The average molecular weight is 233 g/mol. The van der Waals surface area contributed by atoms with E-state index in [1.807, 2.05) is 48.5 Å². The van der Waals surface area contributed by atoms with Crippen LogP contribution >= 0.6 is 11.6 Å². The standard InChI is InChI=1S/C14H13ClO/c15-13-6-4-5-12(11-13)9-10-16-14-7-2-1-3-8-14/h1-8,11H,9-10H2. The Labute approximate surface area is 101 Å². The van der Waals surface area contributed by atoms with Gasteiger partial charge in [0.05, 0.1) is 6.61 Å². The molecule has 0 radical (unpaired) electrons. The van der Waals surface area contributed by atoms with Gasteiger partial charge in [0.1, 0.15) is 5.75 Å². The summed E-state index contributed by atoms with van der Waals surface area (Å²) in [6, 6.07) is 17.7. The average Bonchev–Trinajstić information content (AvgIpc) is 2.30. The van der Waals surface area contributed by atoms with E-state index in [2.05, 4.69) is 6.07 Å². The molecule has 0 spiro atoms. The molecule has 0 aliphatic rings. The molecule has 0 atom stereocenters. The summed E-state index contributed by atoms with van der Waals surface area (Å²) in [4.78, 5) is 0. The molecule has 0 aromatic heterocycles. The van der Waals surface area contributed by atoms with Crippen LogP contribution in [0, 0.1) is 0 Å². The SMILES string of the molecule is Clc1cccc(CCOc2ccccc2)c1. The van der Waals surface area contributed by atoms with Gasteiger partial charge in [-0.3, -0.25) is 0 Å². The third-order valence-corrected chi connectivity index (χ3v) is 2.53. The lowest BCUT2D eigenvalue weighted by Gasteiger charge is -2.05. The largest absolute Gasteiger partial charge is 0.493 e. The van der Waals surface area contributed by atoms with Crippen molar-refractivity contribution in [2.24, 2.45) is 0 Å². The van der Waals surface area contributed by atoms with E-state index >= 15 is 0 Å². The molecule has 2 aromatic rings. The van der Waals surface area contributed by atoms with Gasteiger partial charge in [0.2, 0.25) is 0 Å². The molecule has 0 heterocycles. The normalized spacial score (nSPS) is 10.1. The number of hydrogen-bond donors (Lipinski definition) is 0. The lowest BCUT2D eigenvalue weighted by molar-refractivity contribution is 0.322. The Balaban J connectivity index is 1.85. The molecule has 0 fully saturated rings. The Bertz CT molecular complexity index is 439. The number of rotatable bonds is 4. The van der Waals surface area contributed by atoms with Crippen LogP contribution in [0.2, 0.25) is 5.02 Å². The van der Waals surface area contributed by atoms with Crippen LogP contribution in [0.25, 0.3) is 0 Å². The first-order valence-corrected chi connectivity index (χ1v) is 5.65. The molecule has 82 valence electrons. The molecule has 2 aromatic carbocycles. The quantitative estimate of drug-likeness (QED) is 0.775. The molecule has 0 saturated carbocycles. The third kappa shape index (κ3) is 3.28. The molecule has 1 nitrogen and oxygen atoms in total. The highest BCUT2D eigenvalue weighted by molar-refractivity contribution is 6.30. The van der Waals surface area contributed by atoms with Crippen LogP contribution in [0.1, 0.15) is 5.56 Å². The highest BCUT2D eigenvalue weighted by Gasteiger charge is 1.95. The van der Waals surface area contributed by atoms with E-state index in [9.17, 15) is 0 Å². The van der Waals surface area contributed by atoms with Gasteiger partial charge in [-0.1, -0.05) is 41.9 Å². The maximum absolute atomic E-state index is 5.90. The van der Waals surface area contributed by atoms with Gasteiger partial charge in [-0.25, -0.2) is 0 Å². The van der Waals surface area contributed by atoms with E-state index in [1.54, 1.807) is 0 Å². The van der Waals surface area contributed by atoms with Crippen molar-refractivity contribution in [3.05, 3.63) is 65.2 Å². The number of para-hydroxylation sites is 1. The second kappa shape index (κ2) is 5.57. The van der Waals surface area contributed by atoms with E-state index in [-0.39, 0.29) is 0 Å². The summed E-state index contributed by atoms with van der Waals surface area (Å²) in [6.07, 6.45) is 0.870. The lowest BCUT2D eigenvalue weighted by atomic mass is 10.2. The first-order chi connectivity index (χ1) is 7.84. The first-order valence-electron chi connectivity index (χ1n) is 5.27. The van der Waals surface area contributed by atoms with Gasteiger partial charge in [0.15, 0.2) is 0 Å². The zero-order valence-electron chi connectivity index (χ0n) is 8.90. The zero-order chi connectivity index (χ0) is 11.2. The van der Waals surface area contributed by atoms with Crippen molar-refractivity contribution in [2.45, 2.75) is 6.42 Å². The molecule has 0 unspecified atom stereocenters. The lowest BCUT2D eigenvalue weighted by Crippen LogP contribution is -2.00. The van der Waals surface area contributed by atoms with Gasteiger partial charge in [-0.05, 0) is 29.8 Å². The fourth-order valence-electron chi connectivity index (χ4n) is 1.50. The second-order valence-corrected chi connectivity index (χ2v) is 3.98. The second-order valence-electron chi connectivity index (χ2n) is 3.54. The summed E-state index contributed by atoms with van der Waals surface area (Å²) >= 11 is 5.90. The van der Waals surface area contributed by atoms with Gasteiger partial charge >= 0.3 is 0 Å². The predicted octanol–water partition coefficient (Wildman–Crippen LogP) is 3.96. The van der Waals surface area contributed by atoms with E-state index in [0.29, 0.717) is 6.61 Å². The summed E-state index contributed by atoms with van der Waals surface area (Å²) < 4.78 is 5.61. The van der Waals surface area contributed by atoms with E-state index < -0.39 is 0 Å². The third-order valence-electron chi connectivity index (χ3n) is 2.29. The Kier molecular flexibility index (Phi) is 3.84. The van der Waals surface area contributed by atoms with Crippen molar-refractivity contribution in [2.75, 3.05) is 6.61 Å². The van der Waals surface area contributed by atoms with Crippen molar-refractivity contribution >= 4 is 11.6 Å². The highest BCUT2D eigenvalue weighted by Crippen LogP contribution is 2.12. The first kappa shape index (κ1) is 11.0. The van der Waals surface area contributed by atoms with Crippen LogP contribution in [0.3, 0.4) is 0 Å². The van der Waals surface area contributed by atoms with Crippen LogP contribution in [0.4, 0.5) is 0 Å². The van der Waals surface area contributed by atoms with Crippen molar-refractivity contribution in [3.63, 3.8) is 0 Å². The molecular weight excluding hydrogens is 220 g/mol. The maximum Gasteiger partial charge on any atom is 0.119 e. The van der Waals surface area contributed by atoms with Crippen LogP contribution in [0.5, 0.6) is 5.75 Å². The number of hydrogen-bond acceptors (Lipinski definition) is 1. The number of halogens is 1. The number of ether oxygens (including phenoxy) is 1. The molecular formula is C14H13ClO. The minimum Gasteiger partial charge on any atom is -0.493 e. The Morgan fingerprint density at radius 2 is 1.75 bits per heavy atom. The molecule has 0 aliphatic carbocycles. The molecule has 0 amide bonds. The Morgan fingerprint density at radius 3 is 2.50 bits per heavy atom. The van der Waals surface area contributed by atoms with Crippen molar-refractivity contribution in [1.29, 1.82) is 0 Å². The minimum atomic E-state index is 0.671. The monoisotopic (exact) mass is 232 g/mol. The summed E-state index contributed by atoms with van der Waals surface area (Å²) in [6.45, 7) is 0.671. The molecule has 0 saturated heterocycles. The van der Waals surface area contributed by atoms with Gasteiger partial charge in [0, 0.05) is 11.4 Å². The molecule has 0 aliphatic heterocycles. The molecule has 0 bridgehead atoms. The Hall–Kier alpha value is -1.47. The van der Waals surface area contributed by atoms with Gasteiger partial charge < -0.3 is 4.74 Å². The van der Waals surface area contributed by atoms with Crippen molar-refractivity contribution < 1.29 is 4.74 Å². The van der Waals surface area contributed by atoms with Crippen LogP contribution in [-0.2, 0) is 6.42 Å². The Morgan fingerprint density at radius 1 is 0.938 bits per heavy atom. The summed E-state index contributed by atoms with van der Waals surface area (Å²) in [5, 5.41) is 0.775. The maximum atomic E-state index is 5.90. The molecule has 2 heteroatoms. The summed E-state index contributed by atoms with van der Waals surface area (Å²) in [7, 11) is 0. The minimum absolute atomic E-state index is 0.671. The van der Waals surface area contributed by atoms with Gasteiger partial charge in [0.25, 0.3) is 0 Å². The fraction of sp³-hybridized carbons (Fsp3) is 0.143. The van der Waals surface area contributed by atoms with E-state index in [1.165, 1.54) is 5.56 Å². The van der Waals surface area contributed by atoms with Crippen molar-refractivity contribution in [1.82, 2.24) is 0 Å². The van der Waals surface area contributed by atoms with E-state index in [0.717, 1.165) is 17.2 Å². The summed E-state index contributed by atoms with van der Waals surface area (Å²) in [5.74, 6) is 0.907. The molecule has 16 heavy (non-hydrogen) atoms.